The zero-order chi connectivity index (χ0) is 22.4. The third-order valence-electron chi connectivity index (χ3n) is 6.05. The van der Waals surface area contributed by atoms with E-state index >= 15 is 0 Å². The van der Waals surface area contributed by atoms with Gasteiger partial charge in [-0.3, -0.25) is 0 Å². The molecule has 0 bridgehead atoms. The Morgan fingerprint density at radius 1 is 0.812 bits per heavy atom. The molecule has 1 fully saturated rings. The Balaban J connectivity index is 1.39. The first-order chi connectivity index (χ1) is 15.5. The van der Waals surface area contributed by atoms with Crippen molar-refractivity contribution in [2.75, 3.05) is 20.1 Å². The smallest absolute Gasteiger partial charge is 0.240 e. The molecule has 1 aliphatic heterocycles. The number of rotatable bonds is 8. The Morgan fingerprint density at radius 2 is 1.50 bits per heavy atom. The highest BCUT2D eigenvalue weighted by molar-refractivity contribution is 7.89. The molecule has 0 aromatic heterocycles. The van der Waals surface area contributed by atoms with E-state index in [0.717, 1.165) is 36.3 Å². The van der Waals surface area contributed by atoms with E-state index in [-0.39, 0.29) is 11.4 Å². The van der Waals surface area contributed by atoms with Crippen molar-refractivity contribution in [1.82, 2.24) is 14.9 Å². The van der Waals surface area contributed by atoms with Crippen LogP contribution in [0.15, 0.2) is 83.8 Å². The number of hydrogen-bond acceptors (Lipinski definition) is 4. The third-order valence-corrected chi connectivity index (χ3v) is 7.45. The summed E-state index contributed by atoms with van der Waals surface area (Å²) in [7, 11) is -1.41. The standard InChI is InChI=1S/C26H31N3O2S/c1-29-16-14-25(15-17-29)27-19-22-10-12-23(13-11-22)24-8-5-9-26(18-24)32(30,31)28-20-21-6-3-2-4-7-21/h2-13,18,25,27-28H,14-17,19-20H2,1H3. The van der Waals surface area contributed by atoms with Crippen LogP contribution in [0.4, 0.5) is 0 Å². The molecule has 0 unspecified atom stereocenters. The zero-order valence-electron chi connectivity index (χ0n) is 18.5. The maximum absolute atomic E-state index is 12.8. The van der Waals surface area contributed by atoms with Crippen LogP contribution in [-0.4, -0.2) is 39.5 Å². The van der Waals surface area contributed by atoms with Crippen molar-refractivity contribution in [3.8, 4) is 11.1 Å². The summed E-state index contributed by atoms with van der Waals surface area (Å²) in [6.07, 6.45) is 2.38. The maximum atomic E-state index is 12.8. The Morgan fingerprint density at radius 3 is 2.22 bits per heavy atom. The monoisotopic (exact) mass is 449 g/mol. The van der Waals surface area contributed by atoms with Crippen LogP contribution in [0.5, 0.6) is 0 Å². The summed E-state index contributed by atoms with van der Waals surface area (Å²) in [5.74, 6) is 0. The van der Waals surface area contributed by atoms with E-state index in [1.165, 1.54) is 18.4 Å². The van der Waals surface area contributed by atoms with Crippen molar-refractivity contribution in [3.05, 3.63) is 90.0 Å². The van der Waals surface area contributed by atoms with Crippen LogP contribution >= 0.6 is 0 Å². The summed E-state index contributed by atoms with van der Waals surface area (Å²) < 4.78 is 28.2. The summed E-state index contributed by atoms with van der Waals surface area (Å²) in [6.45, 7) is 3.42. The maximum Gasteiger partial charge on any atom is 0.240 e. The summed E-state index contributed by atoms with van der Waals surface area (Å²) in [4.78, 5) is 2.65. The number of piperidine rings is 1. The van der Waals surface area contributed by atoms with Gasteiger partial charge in [-0.2, -0.15) is 0 Å². The second-order valence-corrected chi connectivity index (χ2v) is 10.3. The lowest BCUT2D eigenvalue weighted by Crippen LogP contribution is -2.40. The lowest BCUT2D eigenvalue weighted by Gasteiger charge is -2.29. The molecule has 168 valence electrons. The van der Waals surface area contributed by atoms with Gasteiger partial charge in [0.25, 0.3) is 0 Å². The Bertz CT molecular complexity index is 1110. The fraction of sp³-hybridized carbons (Fsp3) is 0.308. The Kier molecular flexibility index (Phi) is 7.37. The van der Waals surface area contributed by atoms with Gasteiger partial charge < -0.3 is 10.2 Å². The summed E-state index contributed by atoms with van der Waals surface area (Å²) in [5.41, 5.74) is 4.06. The Hall–Kier alpha value is -2.51. The molecule has 1 saturated heterocycles. The summed E-state index contributed by atoms with van der Waals surface area (Å²) in [5, 5.41) is 3.66. The van der Waals surface area contributed by atoms with Crippen molar-refractivity contribution in [2.45, 2.75) is 36.9 Å². The van der Waals surface area contributed by atoms with E-state index in [0.29, 0.717) is 6.04 Å². The molecular weight excluding hydrogens is 418 g/mol. The van der Waals surface area contributed by atoms with Crippen LogP contribution in [0.1, 0.15) is 24.0 Å². The van der Waals surface area contributed by atoms with Gasteiger partial charge in [-0.05, 0) is 67.4 Å². The van der Waals surface area contributed by atoms with E-state index in [4.69, 9.17) is 0 Å². The van der Waals surface area contributed by atoms with Gasteiger partial charge >= 0.3 is 0 Å². The van der Waals surface area contributed by atoms with E-state index in [2.05, 4.69) is 46.3 Å². The van der Waals surface area contributed by atoms with Gasteiger partial charge in [0.15, 0.2) is 0 Å². The first-order valence-corrected chi connectivity index (χ1v) is 12.6. The first-order valence-electron chi connectivity index (χ1n) is 11.1. The molecule has 1 aliphatic rings. The fourth-order valence-electron chi connectivity index (χ4n) is 3.99. The SMILES string of the molecule is CN1CCC(NCc2ccc(-c3cccc(S(=O)(=O)NCc4ccccc4)c3)cc2)CC1. The predicted molar refractivity (Wildman–Crippen MR) is 130 cm³/mol. The largest absolute Gasteiger partial charge is 0.310 e. The van der Waals surface area contributed by atoms with Crippen molar-refractivity contribution in [2.24, 2.45) is 0 Å². The highest BCUT2D eigenvalue weighted by Gasteiger charge is 2.16. The molecule has 0 amide bonds. The minimum Gasteiger partial charge on any atom is -0.310 e. The second-order valence-electron chi connectivity index (χ2n) is 8.49. The molecule has 3 aromatic carbocycles. The second kappa shape index (κ2) is 10.4. The molecule has 32 heavy (non-hydrogen) atoms. The third kappa shape index (κ3) is 6.04. The molecular formula is C26H31N3O2S. The quantitative estimate of drug-likeness (QED) is 0.545. The highest BCUT2D eigenvalue weighted by atomic mass is 32.2. The van der Waals surface area contributed by atoms with Crippen LogP contribution in [0.25, 0.3) is 11.1 Å². The van der Waals surface area contributed by atoms with Crippen LogP contribution in [0.3, 0.4) is 0 Å². The number of likely N-dealkylation sites (tertiary alicyclic amines) is 1. The molecule has 0 atom stereocenters. The van der Waals surface area contributed by atoms with Gasteiger partial charge in [0.1, 0.15) is 0 Å². The molecule has 1 heterocycles. The van der Waals surface area contributed by atoms with Gasteiger partial charge in [-0.1, -0.05) is 66.7 Å². The number of sulfonamides is 1. The van der Waals surface area contributed by atoms with E-state index < -0.39 is 10.0 Å². The van der Waals surface area contributed by atoms with Crippen molar-refractivity contribution in [3.63, 3.8) is 0 Å². The van der Waals surface area contributed by atoms with E-state index in [1.54, 1.807) is 18.2 Å². The van der Waals surface area contributed by atoms with Crippen molar-refractivity contribution in [1.29, 1.82) is 0 Å². The Labute approximate surface area is 191 Å². The van der Waals surface area contributed by atoms with Gasteiger partial charge in [0.2, 0.25) is 10.0 Å². The zero-order valence-corrected chi connectivity index (χ0v) is 19.3. The van der Waals surface area contributed by atoms with Gasteiger partial charge in [0, 0.05) is 19.1 Å². The number of nitrogens with zero attached hydrogens (tertiary/aromatic N) is 1. The van der Waals surface area contributed by atoms with E-state index in [1.807, 2.05) is 36.4 Å². The molecule has 2 N–H and O–H groups in total. The number of hydrogen-bond donors (Lipinski definition) is 2. The number of nitrogens with one attached hydrogen (secondary N) is 2. The van der Waals surface area contributed by atoms with Crippen LogP contribution < -0.4 is 10.0 Å². The normalized spacial score (nSPS) is 15.7. The summed E-state index contributed by atoms with van der Waals surface area (Å²) in [6, 6.07) is 25.6. The molecule has 0 spiro atoms. The lowest BCUT2D eigenvalue weighted by molar-refractivity contribution is 0.234. The number of benzene rings is 3. The average Bonchev–Trinajstić information content (AvgIpc) is 2.84. The molecule has 3 aromatic rings. The molecule has 0 aliphatic carbocycles. The molecule has 0 saturated carbocycles. The molecule has 0 radical (unpaired) electrons. The van der Waals surface area contributed by atoms with Crippen LogP contribution in [0, 0.1) is 0 Å². The first kappa shape index (κ1) is 22.7. The lowest BCUT2D eigenvalue weighted by atomic mass is 10.0. The minimum atomic E-state index is -3.59. The van der Waals surface area contributed by atoms with Crippen LogP contribution in [-0.2, 0) is 23.1 Å². The van der Waals surface area contributed by atoms with Gasteiger partial charge in [0.05, 0.1) is 4.90 Å². The average molecular weight is 450 g/mol. The molecule has 6 heteroatoms. The van der Waals surface area contributed by atoms with Crippen molar-refractivity contribution >= 4 is 10.0 Å². The summed E-state index contributed by atoms with van der Waals surface area (Å²) >= 11 is 0. The van der Waals surface area contributed by atoms with E-state index in [9.17, 15) is 8.42 Å². The van der Waals surface area contributed by atoms with Gasteiger partial charge in [-0.25, -0.2) is 13.1 Å². The molecule has 5 nitrogen and oxygen atoms in total. The van der Waals surface area contributed by atoms with Crippen molar-refractivity contribution < 1.29 is 8.42 Å². The minimum absolute atomic E-state index is 0.270. The van der Waals surface area contributed by atoms with Crippen LogP contribution in [0.2, 0.25) is 0 Å². The molecule has 4 rings (SSSR count). The predicted octanol–water partition coefficient (Wildman–Crippen LogP) is 4.02. The highest BCUT2D eigenvalue weighted by Crippen LogP contribution is 2.23. The van der Waals surface area contributed by atoms with Gasteiger partial charge in [-0.15, -0.1) is 0 Å². The fourth-order valence-corrected chi connectivity index (χ4v) is 5.05. The topological polar surface area (TPSA) is 61.4 Å².